The molecule has 2 aliphatic heterocycles. The summed E-state index contributed by atoms with van der Waals surface area (Å²) in [6.45, 7) is -0.330. The van der Waals surface area contributed by atoms with Gasteiger partial charge in [0.25, 0.3) is 0 Å². The zero-order valence-electron chi connectivity index (χ0n) is 16.0. The summed E-state index contributed by atoms with van der Waals surface area (Å²) in [5.41, 5.74) is 6.12. The molecule has 0 spiro atoms. The van der Waals surface area contributed by atoms with Gasteiger partial charge in [-0.1, -0.05) is 12.1 Å². The van der Waals surface area contributed by atoms with Crippen molar-refractivity contribution in [2.45, 2.75) is 30.2 Å². The summed E-state index contributed by atoms with van der Waals surface area (Å²) in [7, 11) is 1.59. The number of hydrogen-bond acceptors (Lipinski definition) is 9. The van der Waals surface area contributed by atoms with Gasteiger partial charge in [-0.25, -0.2) is 9.50 Å². The van der Waals surface area contributed by atoms with Crippen LogP contribution in [0.5, 0.6) is 5.75 Å². The molecule has 10 nitrogen and oxygen atoms in total. The Kier molecular flexibility index (Phi) is 4.34. The number of anilines is 1. The minimum Gasteiger partial charge on any atom is -0.497 e. The summed E-state index contributed by atoms with van der Waals surface area (Å²) in [6.07, 6.45) is -1.60. The number of hydrogen-bond donors (Lipinski definition) is 2. The van der Waals surface area contributed by atoms with Crippen molar-refractivity contribution in [3.8, 4) is 11.8 Å². The predicted octanol–water partition coefficient (Wildman–Crippen LogP) is 0.913. The molecular formula is C20H19N5O5. The molecule has 2 saturated heterocycles. The second-order valence-corrected chi connectivity index (χ2v) is 7.11. The highest BCUT2D eigenvalue weighted by Gasteiger charge is 2.63. The van der Waals surface area contributed by atoms with Crippen molar-refractivity contribution in [2.75, 3.05) is 19.5 Å². The van der Waals surface area contributed by atoms with Gasteiger partial charge in [0.05, 0.1) is 19.4 Å². The minimum absolute atomic E-state index is 0.275. The van der Waals surface area contributed by atoms with E-state index in [0.29, 0.717) is 17.0 Å². The topological polar surface area (TPSA) is 137 Å². The van der Waals surface area contributed by atoms with Crippen molar-refractivity contribution in [1.29, 1.82) is 5.26 Å². The zero-order valence-corrected chi connectivity index (χ0v) is 16.0. The molecule has 1 unspecified atom stereocenters. The van der Waals surface area contributed by atoms with Crippen LogP contribution in [-0.2, 0) is 19.8 Å². The van der Waals surface area contributed by atoms with Crippen LogP contribution >= 0.6 is 0 Å². The quantitative estimate of drug-likeness (QED) is 0.644. The summed E-state index contributed by atoms with van der Waals surface area (Å²) in [6, 6.07) is 12.9. The molecule has 0 saturated carbocycles. The van der Waals surface area contributed by atoms with Crippen molar-refractivity contribution in [2.24, 2.45) is 0 Å². The van der Waals surface area contributed by atoms with E-state index < -0.39 is 30.2 Å². The van der Waals surface area contributed by atoms with Crippen LogP contribution in [0.4, 0.5) is 5.82 Å². The number of nitriles is 1. The highest BCUT2D eigenvalue weighted by Crippen LogP contribution is 2.49. The summed E-state index contributed by atoms with van der Waals surface area (Å²) < 4.78 is 25.0. The molecule has 0 amide bonds. The number of fused-ring (bicyclic) bond motifs is 2. The molecule has 154 valence electrons. The van der Waals surface area contributed by atoms with Crippen LogP contribution in [0.15, 0.2) is 42.7 Å². The molecule has 2 aliphatic rings. The first-order valence-electron chi connectivity index (χ1n) is 9.35. The normalized spacial score (nSPS) is 30.3. The van der Waals surface area contributed by atoms with Gasteiger partial charge < -0.3 is 29.8 Å². The first-order valence-corrected chi connectivity index (χ1v) is 9.35. The molecule has 2 fully saturated rings. The van der Waals surface area contributed by atoms with Crippen LogP contribution in [-0.4, -0.2) is 51.7 Å². The number of benzene rings is 1. The van der Waals surface area contributed by atoms with Crippen molar-refractivity contribution in [3.63, 3.8) is 0 Å². The third-order valence-corrected chi connectivity index (χ3v) is 5.55. The van der Waals surface area contributed by atoms with Gasteiger partial charge in [0.1, 0.15) is 42.0 Å². The van der Waals surface area contributed by atoms with E-state index in [2.05, 4.69) is 16.2 Å². The summed E-state index contributed by atoms with van der Waals surface area (Å²) in [5.74, 6) is 0.981. The average molecular weight is 409 g/mol. The lowest BCUT2D eigenvalue weighted by Crippen LogP contribution is -2.39. The predicted molar refractivity (Wildman–Crippen MR) is 102 cm³/mol. The van der Waals surface area contributed by atoms with Crippen molar-refractivity contribution < 1.29 is 24.1 Å². The number of nitrogen functional groups attached to an aromatic ring is 1. The molecule has 2 aromatic heterocycles. The zero-order chi connectivity index (χ0) is 20.9. The molecule has 10 heteroatoms. The monoisotopic (exact) mass is 409 g/mol. The van der Waals surface area contributed by atoms with Crippen LogP contribution in [0.25, 0.3) is 5.52 Å². The highest BCUT2D eigenvalue weighted by molar-refractivity contribution is 5.66. The smallest absolute Gasteiger partial charge is 0.226 e. The molecule has 0 bridgehead atoms. The van der Waals surface area contributed by atoms with E-state index in [1.54, 1.807) is 31.4 Å². The van der Waals surface area contributed by atoms with Crippen LogP contribution in [0.2, 0.25) is 0 Å². The number of aromatic nitrogens is 3. The Labute approximate surface area is 171 Å². The van der Waals surface area contributed by atoms with Gasteiger partial charge in [-0.2, -0.15) is 10.4 Å². The van der Waals surface area contributed by atoms with Gasteiger partial charge in [-0.15, -0.1) is 0 Å². The average Bonchev–Trinajstić information content (AvgIpc) is 3.47. The van der Waals surface area contributed by atoms with Crippen molar-refractivity contribution in [3.05, 3.63) is 54.0 Å². The molecule has 5 rings (SSSR count). The lowest BCUT2D eigenvalue weighted by atomic mass is 9.92. The van der Waals surface area contributed by atoms with E-state index >= 15 is 0 Å². The fourth-order valence-electron chi connectivity index (χ4n) is 4.09. The Morgan fingerprint density at radius 3 is 2.77 bits per heavy atom. The molecule has 3 N–H and O–H groups in total. The fraction of sp³-hybridized carbons (Fsp3) is 0.350. The van der Waals surface area contributed by atoms with Crippen LogP contribution in [0.1, 0.15) is 17.5 Å². The van der Waals surface area contributed by atoms with Gasteiger partial charge in [0.2, 0.25) is 5.60 Å². The van der Waals surface area contributed by atoms with Gasteiger partial charge in [0, 0.05) is 5.56 Å². The number of ether oxygens (including phenoxy) is 4. The second-order valence-electron chi connectivity index (χ2n) is 7.11. The lowest BCUT2D eigenvalue weighted by molar-refractivity contribution is -0.160. The van der Waals surface area contributed by atoms with Crippen molar-refractivity contribution >= 4 is 11.3 Å². The molecule has 4 heterocycles. The highest BCUT2D eigenvalue weighted by atomic mass is 16.8. The second kappa shape index (κ2) is 6.93. The van der Waals surface area contributed by atoms with E-state index in [0.717, 1.165) is 5.56 Å². The number of methoxy groups -OCH3 is 1. The van der Waals surface area contributed by atoms with Gasteiger partial charge in [0.15, 0.2) is 12.1 Å². The number of rotatable bonds is 4. The van der Waals surface area contributed by atoms with Crippen LogP contribution in [0, 0.1) is 11.3 Å². The number of aliphatic hydroxyl groups excluding tert-OH is 1. The molecule has 5 atom stereocenters. The standard InChI is InChI=1S/C20H19N5O5/c1-27-12-4-2-11(3-5-12)19-28-16-14(8-26)30-20(9-21,17(16)29-19)15-7-6-13-18(22)23-10-24-25(13)15/h2-7,10,14,16-17,19,26H,8H2,1H3,(H2,22,23,24)/t14-,16-,17-,19?,20+/m1/s1. The van der Waals surface area contributed by atoms with Crippen molar-refractivity contribution in [1.82, 2.24) is 14.6 Å². The third kappa shape index (κ3) is 2.57. The number of aliphatic hydroxyl groups is 1. The maximum absolute atomic E-state index is 10.2. The number of nitrogens with two attached hydrogens (primary N) is 1. The van der Waals surface area contributed by atoms with E-state index in [4.69, 9.17) is 24.7 Å². The van der Waals surface area contributed by atoms with E-state index in [9.17, 15) is 10.4 Å². The summed E-state index contributed by atoms with van der Waals surface area (Å²) in [4.78, 5) is 3.98. The Balaban J connectivity index is 1.56. The maximum atomic E-state index is 10.2. The Morgan fingerprint density at radius 2 is 2.07 bits per heavy atom. The maximum Gasteiger partial charge on any atom is 0.226 e. The van der Waals surface area contributed by atoms with Crippen LogP contribution in [0.3, 0.4) is 0 Å². The Morgan fingerprint density at radius 1 is 1.27 bits per heavy atom. The van der Waals surface area contributed by atoms with E-state index in [-0.39, 0.29) is 12.4 Å². The Bertz CT molecular complexity index is 1130. The molecular weight excluding hydrogens is 390 g/mol. The molecule has 30 heavy (non-hydrogen) atoms. The SMILES string of the molecule is COc1ccc(C2O[C@H]3[C@@H](O2)[C@](C#N)(c2ccc4c(N)ncnn24)O[C@@H]3CO)cc1. The van der Waals surface area contributed by atoms with E-state index in [1.165, 1.54) is 10.8 Å². The summed E-state index contributed by atoms with van der Waals surface area (Å²) in [5, 5.41) is 24.3. The van der Waals surface area contributed by atoms with E-state index in [1.807, 2.05) is 12.1 Å². The first-order chi connectivity index (χ1) is 14.6. The minimum atomic E-state index is -1.55. The van der Waals surface area contributed by atoms with Gasteiger partial charge >= 0.3 is 0 Å². The molecule has 3 aromatic rings. The fourth-order valence-corrected chi connectivity index (χ4v) is 4.09. The van der Waals surface area contributed by atoms with Crippen LogP contribution < -0.4 is 10.5 Å². The molecule has 1 aromatic carbocycles. The summed E-state index contributed by atoms with van der Waals surface area (Å²) >= 11 is 0. The van der Waals surface area contributed by atoms with Gasteiger partial charge in [-0.3, -0.25) is 0 Å². The number of nitrogens with zero attached hydrogens (tertiary/aromatic N) is 4. The third-order valence-electron chi connectivity index (χ3n) is 5.55. The van der Waals surface area contributed by atoms with Gasteiger partial charge in [-0.05, 0) is 24.3 Å². The Hall–Kier alpha value is -3.23. The first kappa shape index (κ1) is 18.8. The molecule has 0 radical (unpaired) electrons. The lowest BCUT2D eigenvalue weighted by Gasteiger charge is -2.26. The molecule has 0 aliphatic carbocycles. The largest absolute Gasteiger partial charge is 0.497 e.